The van der Waals surface area contributed by atoms with Crippen LogP contribution in [-0.2, 0) is 138 Å². The van der Waals surface area contributed by atoms with Crippen molar-refractivity contribution >= 4 is 41.9 Å². The molecule has 11 fully saturated rings. The lowest BCUT2D eigenvalue weighted by Gasteiger charge is -2.52. The zero-order valence-corrected chi connectivity index (χ0v) is 80.4. The van der Waals surface area contributed by atoms with Gasteiger partial charge in [0.1, 0.15) is 268 Å². The van der Waals surface area contributed by atoms with Gasteiger partial charge in [-0.3, -0.25) is 28.8 Å². The number of carboxylic acid groups (broad SMARTS) is 1. The van der Waals surface area contributed by atoms with Crippen molar-refractivity contribution in [3.63, 3.8) is 0 Å². The highest BCUT2D eigenvalue weighted by Crippen LogP contribution is 2.44. The van der Waals surface area contributed by atoms with Crippen LogP contribution in [-0.4, -0.2) is 635 Å². The molecular weight excluding hydrogens is 2060 g/mol. The first-order chi connectivity index (χ1) is 71.0. The van der Waals surface area contributed by atoms with Crippen LogP contribution in [0.2, 0.25) is 0 Å². The number of hydrogen-bond acceptors (Lipinski definition) is 61. The molecule has 37 N–H and O–H groups in total. The van der Waals surface area contributed by atoms with Gasteiger partial charge >= 0.3 is 0 Å². The summed E-state index contributed by atoms with van der Waals surface area (Å²) in [5.41, 5.74) is 0. The summed E-state index contributed by atoms with van der Waals surface area (Å²) in [5, 5.41) is 376. The maximum atomic E-state index is 13.4. The van der Waals surface area contributed by atoms with E-state index in [-0.39, 0.29) is 6.41 Å². The van der Waals surface area contributed by atoms with Crippen LogP contribution in [0.4, 0.5) is 0 Å². The standard InChI is InChI=1S/C83H138N6O61/c1-21(101)85-39-27(106)6-83(82(127)128,149-68(39)44(108)28(107)8-91)150-71-48(112)31(11-94)134-81(62(71)126)145-66-35(15-98)138-75(43(53(66)117)89-25(5)105)148-70-49(113)38(141-80(61(70)125)144-65-34(14-97)137-74(42(52(65)116)88-24(4)104)147-69-47(111)30(10-93)133-79(60(69)124)146-67-36(16-99)139-76(59(123)56(67)120)129-17-26(7-90)84-20-100)19-131-73-41(87-23(3)103)51(115)64(33(13-96)136-73)143-78-58(122)55(119)46(110)37(140-78)18-130-72-40(86-22(2)102)50(114)63(32(12-95)135-72)142-77-57(121)54(118)45(109)29(9-92)132-77/h20,26-81,90-99,106-126H,6-19H2,1-5H3,(H,84,100)(H,85,101)(H,86,102)(H,87,103)(H,88,104)(H,89,105)(H,127,128)/p-1/t26-,27+,28-,29-,30-,31-,32-,33-,34-,35-,36-,37-,38-,39-,40-,41-,42-,43-,44-,45+,46+,47+,48+,49+,50-,51-,52-,53-,54+,55+,56-,57-,58-,59-,60-,61-,62-,63-,64-,65-,66-,67-,68-,69+,70+,71+,72-,73-,74+,75+,76-,77+,78+,79+,80+,81+,83+/m1/s1. The Morgan fingerprint density at radius 2 is 0.593 bits per heavy atom. The fourth-order valence-corrected chi connectivity index (χ4v) is 19.0. The second kappa shape index (κ2) is 55.1. The Kier molecular flexibility index (Phi) is 45.7. The Balaban J connectivity index is 0.871. The third-order valence-corrected chi connectivity index (χ3v) is 26.9. The molecule has 866 valence electrons. The molecule has 0 saturated carbocycles. The smallest absolute Gasteiger partial charge is 0.217 e. The maximum Gasteiger partial charge on any atom is 0.217 e. The minimum absolute atomic E-state index is 0.222. The molecule has 0 aromatic carbocycles. The van der Waals surface area contributed by atoms with Gasteiger partial charge in [-0.05, 0) is 0 Å². The van der Waals surface area contributed by atoms with Gasteiger partial charge < -0.3 is 304 Å². The topological polar surface area (TPSA) is 1040 Å². The molecule has 0 unspecified atom stereocenters. The number of carbonyl (C=O) groups excluding carboxylic acids is 7. The molecule has 0 aromatic rings. The second-order valence-corrected chi connectivity index (χ2v) is 37.4. The molecule has 11 aliphatic rings. The molecule has 11 heterocycles. The predicted molar refractivity (Wildman–Crippen MR) is 459 cm³/mol. The fourth-order valence-electron chi connectivity index (χ4n) is 19.0. The Hall–Kier alpha value is -5.83. The van der Waals surface area contributed by atoms with Crippen LogP contribution in [0.3, 0.4) is 0 Å². The summed E-state index contributed by atoms with van der Waals surface area (Å²) in [6.45, 7) is -9.67. The predicted octanol–water partition coefficient (Wildman–Crippen LogP) is -27.3. The molecule has 0 bridgehead atoms. The SMILES string of the molecule is CC(=O)N[C@H]1[C@H](OC[C@H]2O[C@@H](O[C@H]3[C@H](O)[C@@H](NC(C)=O)[C@H](OC[C@H]4O[C@@H](O[C@H]5[C@H](O)[C@@H](NC(C)=O)[C@H](O[C@H]6[C@@H](O)[C@@H](CO)O[C@@H](O[C@H]7[C@H](O)[C@@H](O)[C@H](OC[C@@H](CO)NC=O)O[C@@H]7CO)[C@@H]6O)O[C@@H]5CO)[C@H](O)[C@@H](O[C@@H]5O[C@H](CO)[C@@H](O[C@@H]6O[C@H](CO)[C@H](O)[C@H](O[C@]7(C(=O)[O-])C[C@H](O)[C@@H](NC(C)=O)[C@H]([C@H](O)[C@H](O)CO)O7)[C@H]6O)[C@H](O)[C@H]5NC(C)=O)[C@H]4O)O[C@@H]3CO)[C@H](O)[C@@H](O)[C@H]2O)O[C@H](CO)[C@@H](O[C@@H]2O[C@H](CO)[C@H](O)[C@H](O)[C@H]2O)[C@@H]1O. The number of carbonyl (C=O) groups is 7. The zero-order valence-electron chi connectivity index (χ0n) is 80.4. The van der Waals surface area contributed by atoms with Gasteiger partial charge in [-0.2, -0.15) is 0 Å². The van der Waals surface area contributed by atoms with Crippen LogP contribution in [0.1, 0.15) is 41.0 Å². The fraction of sp³-hybridized carbons (Fsp3) is 0.916. The zero-order chi connectivity index (χ0) is 111. The lowest BCUT2D eigenvalue weighted by Crippen LogP contribution is -2.72. The first kappa shape index (κ1) is 124. The van der Waals surface area contributed by atoms with Gasteiger partial charge in [0.05, 0.1) is 104 Å². The molecule has 11 saturated heterocycles. The molecule has 11 rings (SSSR count). The minimum atomic E-state index is -3.47. The molecule has 0 aliphatic carbocycles. The van der Waals surface area contributed by atoms with Gasteiger partial charge in [0.25, 0.3) is 0 Å². The molecule has 67 nitrogen and oxygen atoms in total. The summed E-state index contributed by atoms with van der Waals surface area (Å²) in [5.74, 6) is -10.9. The summed E-state index contributed by atoms with van der Waals surface area (Å²) < 4.78 is 130. The molecule has 57 atom stereocenters. The summed E-state index contributed by atoms with van der Waals surface area (Å²) in [6, 6.07) is -11.0. The van der Waals surface area contributed by atoms with E-state index in [1.807, 2.05) is 0 Å². The monoisotopic (exact) mass is 2190 g/mol. The number of aliphatic hydroxyl groups excluding tert-OH is 31. The lowest BCUT2D eigenvalue weighted by atomic mass is 9.88. The van der Waals surface area contributed by atoms with Gasteiger partial charge in [0, 0.05) is 41.0 Å². The molecule has 67 heteroatoms. The van der Waals surface area contributed by atoms with E-state index in [0.717, 1.165) is 34.6 Å². The number of hydrogen-bond donors (Lipinski definition) is 37. The average molecular weight is 2190 g/mol. The average Bonchev–Trinajstić information content (AvgIpc) is 0.745. The molecule has 0 spiro atoms. The highest BCUT2D eigenvalue weighted by Gasteiger charge is 2.64. The van der Waals surface area contributed by atoms with Crippen molar-refractivity contribution in [3.8, 4) is 0 Å². The molecule has 150 heavy (non-hydrogen) atoms. The normalized spacial score (nSPS) is 46.3. The molecule has 11 aliphatic heterocycles. The van der Waals surface area contributed by atoms with Crippen molar-refractivity contribution in [2.75, 3.05) is 85.9 Å². The first-order valence-electron chi connectivity index (χ1n) is 47.5. The van der Waals surface area contributed by atoms with E-state index in [1.54, 1.807) is 0 Å². The van der Waals surface area contributed by atoms with E-state index in [4.69, 9.17) is 104 Å². The number of aliphatic hydroxyl groups is 31. The van der Waals surface area contributed by atoms with Crippen LogP contribution in [0, 0.1) is 0 Å². The Morgan fingerprint density at radius 1 is 0.313 bits per heavy atom. The third kappa shape index (κ3) is 28.2. The Bertz CT molecular complexity index is 4230. The van der Waals surface area contributed by atoms with Gasteiger partial charge in [-0.25, -0.2) is 0 Å². The van der Waals surface area contributed by atoms with Gasteiger partial charge in [-0.1, -0.05) is 0 Å². The van der Waals surface area contributed by atoms with Crippen molar-refractivity contribution in [3.05, 3.63) is 0 Å². The first-order valence-corrected chi connectivity index (χ1v) is 47.5. The largest absolute Gasteiger partial charge is 0.544 e. The van der Waals surface area contributed by atoms with Gasteiger partial charge in [0.15, 0.2) is 62.9 Å². The highest BCUT2D eigenvalue weighted by atomic mass is 16.8. The van der Waals surface area contributed by atoms with Crippen LogP contribution < -0.4 is 37.0 Å². The summed E-state index contributed by atoms with van der Waals surface area (Å²) in [7, 11) is 0. The maximum absolute atomic E-state index is 13.4. The number of nitrogens with one attached hydrogen (secondary N) is 6. The van der Waals surface area contributed by atoms with E-state index in [2.05, 4.69) is 31.9 Å². The number of carboxylic acids is 1. The van der Waals surface area contributed by atoms with Crippen LogP contribution in [0.15, 0.2) is 0 Å². The van der Waals surface area contributed by atoms with Crippen LogP contribution >= 0.6 is 0 Å². The summed E-state index contributed by atoms with van der Waals surface area (Å²) in [6.07, 6.45) is -110. The van der Waals surface area contributed by atoms with Crippen LogP contribution in [0.25, 0.3) is 0 Å². The highest BCUT2D eigenvalue weighted by molar-refractivity contribution is 5.76. The number of amides is 6. The van der Waals surface area contributed by atoms with Crippen molar-refractivity contribution in [1.82, 2.24) is 31.9 Å². The number of ether oxygens (including phenoxy) is 22. The van der Waals surface area contributed by atoms with Crippen molar-refractivity contribution in [2.45, 2.75) is 390 Å². The summed E-state index contributed by atoms with van der Waals surface area (Å²) in [4.78, 5) is 89.4. The molecule has 0 radical (unpaired) electrons. The van der Waals surface area contributed by atoms with Gasteiger partial charge in [-0.15, -0.1) is 0 Å². The Labute approximate surface area is 848 Å². The van der Waals surface area contributed by atoms with Crippen molar-refractivity contribution in [1.29, 1.82) is 0 Å². The van der Waals surface area contributed by atoms with E-state index in [0.29, 0.717) is 0 Å². The second-order valence-electron chi connectivity index (χ2n) is 37.4. The van der Waals surface area contributed by atoms with Crippen molar-refractivity contribution < 1.29 is 301 Å². The Morgan fingerprint density at radius 3 is 0.940 bits per heavy atom. The molecule has 6 amide bonds. The van der Waals surface area contributed by atoms with Crippen molar-refractivity contribution in [2.24, 2.45) is 0 Å². The quantitative estimate of drug-likeness (QED) is 0.0252. The number of rotatable bonds is 45. The van der Waals surface area contributed by atoms with E-state index >= 15 is 0 Å². The third-order valence-electron chi connectivity index (χ3n) is 26.9. The van der Waals surface area contributed by atoms with E-state index in [1.165, 1.54) is 0 Å². The van der Waals surface area contributed by atoms with Crippen LogP contribution in [0.5, 0.6) is 0 Å². The van der Waals surface area contributed by atoms with E-state index in [9.17, 15) is 197 Å². The van der Waals surface area contributed by atoms with Gasteiger partial charge in [0.2, 0.25) is 41.7 Å². The van der Waals surface area contributed by atoms with E-state index < -0.39 is 477 Å². The summed E-state index contributed by atoms with van der Waals surface area (Å²) >= 11 is 0. The lowest BCUT2D eigenvalue weighted by molar-refractivity contribution is -0.411. The molecular formula is C83H137N6O61-. The minimum Gasteiger partial charge on any atom is -0.544 e. The molecule has 0 aromatic heterocycles. The number of aliphatic carboxylic acids is 1.